The Morgan fingerprint density at radius 1 is 1.10 bits per heavy atom. The maximum Gasteiger partial charge on any atom is 0.287 e. The maximum atomic E-state index is 12.5. The van der Waals surface area contributed by atoms with E-state index >= 15 is 0 Å². The van der Waals surface area contributed by atoms with E-state index in [-0.39, 0.29) is 18.0 Å². The summed E-state index contributed by atoms with van der Waals surface area (Å²) in [5.41, 5.74) is 1.13. The number of carbonyl (C=O) groups is 1. The number of thiophene rings is 1. The van der Waals surface area contributed by atoms with Gasteiger partial charge in [-0.15, -0.1) is 11.3 Å². The third-order valence-electron chi connectivity index (χ3n) is 5.55. The highest BCUT2D eigenvalue weighted by atomic mass is 32.1. The van der Waals surface area contributed by atoms with Gasteiger partial charge in [-0.05, 0) is 42.6 Å². The molecule has 1 amide bonds. The van der Waals surface area contributed by atoms with Gasteiger partial charge in [-0.25, -0.2) is 0 Å². The number of benzene rings is 1. The molecule has 4 rings (SSSR count). The molecule has 1 N–H and O–H groups in total. The lowest BCUT2D eigenvalue weighted by atomic mass is 10.0. The maximum absolute atomic E-state index is 12.5. The smallest absolute Gasteiger partial charge is 0.287 e. The number of methoxy groups -OCH3 is 1. The second-order valence-electron chi connectivity index (χ2n) is 7.39. The molecule has 6 nitrogen and oxygen atoms in total. The Balaban J connectivity index is 1.47. The first kappa shape index (κ1) is 20.5. The fourth-order valence-electron chi connectivity index (χ4n) is 4.10. The molecule has 158 valence electrons. The topological polar surface area (TPSA) is 58.0 Å². The molecule has 0 saturated carbocycles. The number of nitrogens with zero attached hydrogens (tertiary/aromatic N) is 2. The molecule has 0 spiro atoms. The molecular formula is C23H27N3O3S. The van der Waals surface area contributed by atoms with E-state index in [1.54, 1.807) is 30.6 Å². The van der Waals surface area contributed by atoms with Crippen molar-refractivity contribution in [3.8, 4) is 5.75 Å². The van der Waals surface area contributed by atoms with Crippen molar-refractivity contribution in [2.24, 2.45) is 0 Å². The zero-order valence-corrected chi connectivity index (χ0v) is 18.1. The van der Waals surface area contributed by atoms with Crippen LogP contribution in [0.15, 0.2) is 64.6 Å². The Labute approximate surface area is 181 Å². The van der Waals surface area contributed by atoms with E-state index in [0.29, 0.717) is 5.76 Å². The zero-order valence-electron chi connectivity index (χ0n) is 17.3. The number of anilines is 1. The fourth-order valence-corrected chi connectivity index (χ4v) is 5.06. The number of carbonyl (C=O) groups excluding carboxylic acids is 1. The largest absolute Gasteiger partial charge is 0.495 e. The van der Waals surface area contributed by atoms with Crippen molar-refractivity contribution in [1.29, 1.82) is 0 Å². The van der Waals surface area contributed by atoms with Crippen molar-refractivity contribution in [2.45, 2.75) is 19.0 Å². The van der Waals surface area contributed by atoms with Crippen LogP contribution in [0.3, 0.4) is 0 Å². The van der Waals surface area contributed by atoms with Crippen LogP contribution < -0.4 is 15.0 Å². The molecule has 3 heterocycles. The Bertz CT molecular complexity index is 935. The number of para-hydroxylation sites is 2. The zero-order chi connectivity index (χ0) is 20.9. The Kier molecular flexibility index (Phi) is 6.40. The van der Waals surface area contributed by atoms with Gasteiger partial charge in [0.25, 0.3) is 5.91 Å². The van der Waals surface area contributed by atoms with Crippen LogP contribution in [0.4, 0.5) is 5.69 Å². The van der Waals surface area contributed by atoms with Crippen LogP contribution in [0.5, 0.6) is 5.75 Å². The van der Waals surface area contributed by atoms with Crippen LogP contribution in [0.2, 0.25) is 0 Å². The number of hydrogen-bond acceptors (Lipinski definition) is 6. The summed E-state index contributed by atoms with van der Waals surface area (Å²) in [5.74, 6) is 1.06. The van der Waals surface area contributed by atoms with Crippen LogP contribution in [0, 0.1) is 0 Å². The highest BCUT2D eigenvalue weighted by Gasteiger charge is 2.31. The highest BCUT2D eigenvalue weighted by molar-refractivity contribution is 7.10. The molecule has 1 aliphatic heterocycles. The molecule has 1 aliphatic rings. The lowest BCUT2D eigenvalue weighted by Crippen LogP contribution is -2.52. The number of amides is 1. The van der Waals surface area contributed by atoms with Gasteiger partial charge in [-0.2, -0.15) is 0 Å². The number of piperazine rings is 1. The molecule has 2 aromatic heterocycles. The predicted octanol–water partition coefficient (Wildman–Crippen LogP) is 4.03. The van der Waals surface area contributed by atoms with Gasteiger partial charge in [-0.1, -0.05) is 18.2 Å². The first-order valence-electron chi connectivity index (χ1n) is 10.2. The molecule has 1 saturated heterocycles. The molecule has 3 aromatic rings. The van der Waals surface area contributed by atoms with Crippen LogP contribution in [0.1, 0.15) is 28.4 Å². The second kappa shape index (κ2) is 9.36. The Morgan fingerprint density at radius 3 is 2.57 bits per heavy atom. The van der Waals surface area contributed by atoms with Crippen LogP contribution in [0.25, 0.3) is 0 Å². The summed E-state index contributed by atoms with van der Waals surface area (Å²) in [6.07, 6.45) is 1.52. The minimum absolute atomic E-state index is 0.0564. The van der Waals surface area contributed by atoms with E-state index in [1.165, 1.54) is 11.1 Å². The van der Waals surface area contributed by atoms with E-state index in [4.69, 9.17) is 9.15 Å². The Morgan fingerprint density at radius 2 is 1.90 bits per heavy atom. The van der Waals surface area contributed by atoms with Crippen molar-refractivity contribution in [2.75, 3.05) is 38.2 Å². The van der Waals surface area contributed by atoms with Gasteiger partial charge in [0, 0.05) is 37.1 Å². The van der Waals surface area contributed by atoms with Gasteiger partial charge >= 0.3 is 0 Å². The van der Waals surface area contributed by atoms with Crippen molar-refractivity contribution >= 4 is 22.9 Å². The molecule has 2 atom stereocenters. The minimum atomic E-state index is -0.179. The van der Waals surface area contributed by atoms with Crippen LogP contribution in [-0.2, 0) is 0 Å². The van der Waals surface area contributed by atoms with Crippen LogP contribution in [-0.4, -0.2) is 50.1 Å². The van der Waals surface area contributed by atoms with Gasteiger partial charge in [0.2, 0.25) is 0 Å². The minimum Gasteiger partial charge on any atom is -0.495 e. The summed E-state index contributed by atoms with van der Waals surface area (Å²) in [6, 6.07) is 15.8. The molecular weight excluding hydrogens is 398 g/mol. The van der Waals surface area contributed by atoms with Gasteiger partial charge in [0.1, 0.15) is 5.75 Å². The van der Waals surface area contributed by atoms with Crippen molar-refractivity contribution < 1.29 is 13.9 Å². The third-order valence-corrected chi connectivity index (χ3v) is 6.49. The number of rotatable bonds is 7. The number of furan rings is 1. The summed E-state index contributed by atoms with van der Waals surface area (Å²) in [5, 5.41) is 5.22. The van der Waals surface area contributed by atoms with E-state index in [2.05, 4.69) is 45.6 Å². The monoisotopic (exact) mass is 425 g/mol. The van der Waals surface area contributed by atoms with Crippen molar-refractivity contribution in [3.05, 3.63) is 70.8 Å². The van der Waals surface area contributed by atoms with Gasteiger partial charge in [-0.3, -0.25) is 9.69 Å². The fraction of sp³-hybridized carbons (Fsp3) is 0.348. The predicted molar refractivity (Wildman–Crippen MR) is 119 cm³/mol. The first-order valence-corrected chi connectivity index (χ1v) is 11.0. The molecule has 30 heavy (non-hydrogen) atoms. The van der Waals surface area contributed by atoms with E-state index in [0.717, 1.165) is 37.6 Å². The lowest BCUT2D eigenvalue weighted by Gasteiger charge is -2.42. The quantitative estimate of drug-likeness (QED) is 0.619. The van der Waals surface area contributed by atoms with E-state index in [9.17, 15) is 4.79 Å². The molecule has 0 unspecified atom stereocenters. The van der Waals surface area contributed by atoms with Crippen LogP contribution >= 0.6 is 11.3 Å². The van der Waals surface area contributed by atoms with E-state index < -0.39 is 0 Å². The van der Waals surface area contributed by atoms with Gasteiger partial charge in [0.05, 0.1) is 25.1 Å². The molecule has 0 aliphatic carbocycles. The molecule has 0 radical (unpaired) electrons. The van der Waals surface area contributed by atoms with Gasteiger partial charge < -0.3 is 19.4 Å². The molecule has 1 aromatic carbocycles. The van der Waals surface area contributed by atoms with Crippen molar-refractivity contribution in [3.63, 3.8) is 0 Å². The Hall–Kier alpha value is -2.77. The number of nitrogens with one attached hydrogen (secondary N) is 1. The highest BCUT2D eigenvalue weighted by Crippen LogP contribution is 2.32. The number of hydrogen-bond donors (Lipinski definition) is 1. The summed E-state index contributed by atoms with van der Waals surface area (Å²) in [4.78, 5) is 18.6. The normalized spacial score (nSPS) is 16.8. The summed E-state index contributed by atoms with van der Waals surface area (Å²) in [7, 11) is 1.71. The van der Waals surface area contributed by atoms with Crippen molar-refractivity contribution in [1.82, 2.24) is 10.2 Å². The molecule has 1 fully saturated rings. The van der Waals surface area contributed by atoms with E-state index in [1.807, 2.05) is 18.2 Å². The number of ether oxygens (including phenoxy) is 1. The molecule has 7 heteroatoms. The average molecular weight is 426 g/mol. The first-order chi connectivity index (χ1) is 14.7. The third kappa shape index (κ3) is 4.37. The second-order valence-corrected chi connectivity index (χ2v) is 8.37. The van der Waals surface area contributed by atoms with Gasteiger partial charge in [0.15, 0.2) is 5.76 Å². The SMILES string of the molecule is COc1ccccc1N1CCN([C@@H](c2cccs2)[C@@H](C)NC(=O)c2ccco2)CC1. The summed E-state index contributed by atoms with van der Waals surface area (Å²) in [6.45, 7) is 5.68. The molecule has 0 bridgehead atoms. The summed E-state index contributed by atoms with van der Waals surface area (Å²) < 4.78 is 10.8. The summed E-state index contributed by atoms with van der Waals surface area (Å²) >= 11 is 1.73. The standard InChI is InChI=1S/C23H27N3O3S/c1-17(24-23(27)20-9-5-15-29-20)22(21-10-6-16-30-21)26-13-11-25(12-14-26)18-7-3-4-8-19(18)28-2/h3-10,15-17,22H,11-14H2,1-2H3,(H,24,27)/t17-,22-/m1/s1. The average Bonchev–Trinajstić information content (AvgIpc) is 3.49. The lowest BCUT2D eigenvalue weighted by molar-refractivity contribution is 0.0863.